The van der Waals surface area contributed by atoms with Gasteiger partial charge in [-0.15, -0.1) is 0 Å². The summed E-state index contributed by atoms with van der Waals surface area (Å²) in [6.45, 7) is -1.03. The molecule has 1 heterocycles. The zero-order chi connectivity index (χ0) is 10.9. The smallest absolute Gasteiger partial charge is 0.408 e. The minimum atomic E-state index is -1.64. The van der Waals surface area contributed by atoms with E-state index in [0.717, 1.165) is 0 Å². The summed E-state index contributed by atoms with van der Waals surface area (Å²) in [5, 5.41) is 35.6. The molecular formula is C7H11NO6. The number of likely N-dealkylation sites (tertiary alicyclic amines) is 1. The summed E-state index contributed by atoms with van der Waals surface area (Å²) in [5.41, 5.74) is -1.64. The van der Waals surface area contributed by atoms with Gasteiger partial charge < -0.3 is 20.4 Å². The number of carbonyl (C=O) groups is 2. The molecule has 2 atom stereocenters. The molecule has 1 rings (SSSR count). The van der Waals surface area contributed by atoms with Gasteiger partial charge in [-0.3, -0.25) is 4.90 Å². The Kier molecular flexibility index (Phi) is 2.63. The first-order valence-electron chi connectivity index (χ1n) is 3.95. The van der Waals surface area contributed by atoms with Gasteiger partial charge in [0.05, 0.1) is 13.2 Å². The molecule has 1 fully saturated rings. The highest BCUT2D eigenvalue weighted by Crippen LogP contribution is 2.26. The van der Waals surface area contributed by atoms with E-state index in [1.807, 2.05) is 0 Å². The molecule has 0 aromatic carbocycles. The monoisotopic (exact) mass is 205 g/mol. The number of aliphatic hydroxyl groups is 2. The number of hydrogen-bond donors (Lipinski definition) is 4. The summed E-state index contributed by atoms with van der Waals surface area (Å²) < 4.78 is 0. The average Bonchev–Trinajstić information content (AvgIpc) is 2.45. The molecule has 0 aromatic rings. The van der Waals surface area contributed by atoms with Crippen molar-refractivity contribution >= 4 is 12.1 Å². The van der Waals surface area contributed by atoms with Crippen molar-refractivity contribution in [3.8, 4) is 0 Å². The molecule has 80 valence electrons. The zero-order valence-corrected chi connectivity index (χ0v) is 7.25. The number of carboxylic acid groups (broad SMARTS) is 2. The number of aliphatic hydroxyl groups excluding tert-OH is 1. The van der Waals surface area contributed by atoms with Crippen LogP contribution in [0.15, 0.2) is 0 Å². The number of β-amino-alcohol motifs (C(OH)–C–C–N with tert-alkyl or cyclic N) is 1. The van der Waals surface area contributed by atoms with E-state index in [-0.39, 0.29) is 13.0 Å². The van der Waals surface area contributed by atoms with E-state index in [1.165, 1.54) is 0 Å². The van der Waals surface area contributed by atoms with E-state index in [1.54, 1.807) is 0 Å². The Morgan fingerprint density at radius 1 is 1.43 bits per heavy atom. The normalized spacial score (nSPS) is 31.9. The Hall–Kier alpha value is -1.34. The maximum atomic E-state index is 10.6. The molecule has 0 spiro atoms. The fraction of sp³-hybridized carbons (Fsp3) is 0.714. The van der Waals surface area contributed by atoms with Crippen molar-refractivity contribution in [2.75, 3.05) is 13.2 Å². The fourth-order valence-electron chi connectivity index (χ4n) is 1.50. The third kappa shape index (κ3) is 1.78. The van der Waals surface area contributed by atoms with Crippen molar-refractivity contribution in [2.24, 2.45) is 0 Å². The van der Waals surface area contributed by atoms with Gasteiger partial charge in [-0.1, -0.05) is 0 Å². The lowest BCUT2D eigenvalue weighted by Crippen LogP contribution is -2.41. The van der Waals surface area contributed by atoms with Crippen LogP contribution in [0.3, 0.4) is 0 Å². The summed E-state index contributed by atoms with van der Waals surface area (Å²) in [7, 11) is 0. The highest BCUT2D eigenvalue weighted by molar-refractivity contribution is 5.80. The second kappa shape index (κ2) is 3.43. The maximum absolute atomic E-state index is 10.6. The van der Waals surface area contributed by atoms with E-state index in [4.69, 9.17) is 15.3 Å². The Morgan fingerprint density at radius 2 is 2.00 bits per heavy atom. The van der Waals surface area contributed by atoms with Crippen molar-refractivity contribution in [1.82, 2.24) is 4.90 Å². The second-order valence-electron chi connectivity index (χ2n) is 3.35. The number of hydrogen-bond acceptors (Lipinski definition) is 4. The van der Waals surface area contributed by atoms with Crippen LogP contribution in [0, 0.1) is 0 Å². The molecule has 7 heteroatoms. The average molecular weight is 205 g/mol. The second-order valence-corrected chi connectivity index (χ2v) is 3.35. The zero-order valence-electron chi connectivity index (χ0n) is 7.25. The molecule has 1 aliphatic rings. The number of rotatable bonds is 2. The molecule has 1 amide bonds. The third-order valence-electron chi connectivity index (χ3n) is 2.24. The topological polar surface area (TPSA) is 118 Å². The minimum absolute atomic E-state index is 0.287. The van der Waals surface area contributed by atoms with Crippen molar-refractivity contribution in [1.29, 1.82) is 0 Å². The van der Waals surface area contributed by atoms with Crippen molar-refractivity contribution in [3.05, 3.63) is 0 Å². The molecule has 0 bridgehead atoms. The number of nitrogens with zero attached hydrogens (tertiary/aromatic N) is 1. The minimum Gasteiger partial charge on any atom is -0.480 e. The first-order chi connectivity index (χ1) is 6.39. The van der Waals surface area contributed by atoms with Gasteiger partial charge in [0.15, 0.2) is 0 Å². The molecule has 2 unspecified atom stereocenters. The van der Waals surface area contributed by atoms with Gasteiger partial charge in [0.25, 0.3) is 0 Å². The van der Waals surface area contributed by atoms with Gasteiger partial charge in [0.2, 0.25) is 0 Å². The first kappa shape index (κ1) is 10.7. The highest BCUT2D eigenvalue weighted by atomic mass is 16.4. The summed E-state index contributed by atoms with van der Waals surface area (Å²) in [6, 6.07) is -1.29. The fourth-order valence-corrected chi connectivity index (χ4v) is 1.50. The summed E-state index contributed by atoms with van der Waals surface area (Å²) in [5.74, 6) is -1.32. The van der Waals surface area contributed by atoms with Gasteiger partial charge in [-0.05, 0) is 0 Å². The van der Waals surface area contributed by atoms with Crippen LogP contribution in [0.5, 0.6) is 0 Å². The predicted octanol–water partition coefficient (Wildman–Crippen LogP) is -1.45. The van der Waals surface area contributed by atoms with Gasteiger partial charge in [-0.2, -0.15) is 0 Å². The highest BCUT2D eigenvalue weighted by Gasteiger charge is 2.47. The molecule has 1 saturated heterocycles. The van der Waals surface area contributed by atoms with Crippen molar-refractivity contribution in [2.45, 2.75) is 18.1 Å². The van der Waals surface area contributed by atoms with E-state index in [9.17, 15) is 14.7 Å². The molecule has 7 nitrogen and oxygen atoms in total. The lowest BCUT2D eigenvalue weighted by molar-refractivity contribution is -0.141. The molecular weight excluding hydrogens is 194 g/mol. The molecule has 0 aliphatic carbocycles. The van der Waals surface area contributed by atoms with Crippen LogP contribution in [0.4, 0.5) is 4.79 Å². The van der Waals surface area contributed by atoms with Gasteiger partial charge in [0.1, 0.15) is 11.6 Å². The van der Waals surface area contributed by atoms with Crippen molar-refractivity contribution in [3.63, 3.8) is 0 Å². The SMILES string of the molecule is O=C(O)C1CC(O)(CO)CN1C(=O)O. The number of aliphatic carboxylic acids is 1. The molecule has 0 aromatic heterocycles. The Morgan fingerprint density at radius 3 is 2.29 bits per heavy atom. The lowest BCUT2D eigenvalue weighted by atomic mass is 10.0. The van der Waals surface area contributed by atoms with Crippen LogP contribution in [0.25, 0.3) is 0 Å². The number of amides is 1. The van der Waals surface area contributed by atoms with Gasteiger partial charge in [-0.25, -0.2) is 9.59 Å². The summed E-state index contributed by atoms with van der Waals surface area (Å²) in [6.07, 6.45) is -1.70. The van der Waals surface area contributed by atoms with Crippen LogP contribution in [0.1, 0.15) is 6.42 Å². The Bertz CT molecular complexity index is 243. The van der Waals surface area contributed by atoms with Crippen LogP contribution in [-0.2, 0) is 4.79 Å². The molecule has 4 N–H and O–H groups in total. The van der Waals surface area contributed by atoms with Crippen LogP contribution in [-0.4, -0.2) is 62.2 Å². The quantitative estimate of drug-likeness (QED) is 0.438. The lowest BCUT2D eigenvalue weighted by Gasteiger charge is -2.18. The van der Waals surface area contributed by atoms with E-state index >= 15 is 0 Å². The van der Waals surface area contributed by atoms with Crippen LogP contribution < -0.4 is 0 Å². The molecule has 0 saturated carbocycles. The van der Waals surface area contributed by atoms with E-state index < -0.39 is 30.3 Å². The summed E-state index contributed by atoms with van der Waals surface area (Å²) >= 11 is 0. The number of carboxylic acids is 1. The van der Waals surface area contributed by atoms with Crippen LogP contribution >= 0.6 is 0 Å². The summed E-state index contributed by atoms with van der Waals surface area (Å²) in [4.78, 5) is 21.8. The van der Waals surface area contributed by atoms with Crippen molar-refractivity contribution < 1.29 is 30.0 Å². The predicted molar refractivity (Wildman–Crippen MR) is 42.8 cm³/mol. The third-order valence-corrected chi connectivity index (χ3v) is 2.24. The van der Waals surface area contributed by atoms with Gasteiger partial charge >= 0.3 is 12.1 Å². The maximum Gasteiger partial charge on any atom is 0.408 e. The van der Waals surface area contributed by atoms with Crippen LogP contribution in [0.2, 0.25) is 0 Å². The molecule has 14 heavy (non-hydrogen) atoms. The van der Waals surface area contributed by atoms with Gasteiger partial charge in [0, 0.05) is 6.42 Å². The molecule has 0 radical (unpaired) electrons. The molecule has 1 aliphatic heterocycles. The standard InChI is InChI=1S/C7H11NO6/c9-3-7(14)1-4(5(10)11)8(2-7)6(12)13/h4,9,14H,1-3H2,(H,10,11)(H,12,13). The Labute approximate surface area is 79.2 Å². The first-order valence-corrected chi connectivity index (χ1v) is 3.95. The van der Waals surface area contributed by atoms with E-state index in [0.29, 0.717) is 4.90 Å². The Balaban J connectivity index is 2.85. The van der Waals surface area contributed by atoms with E-state index in [2.05, 4.69) is 0 Å². The largest absolute Gasteiger partial charge is 0.480 e.